The normalized spacial score (nSPS) is 11.0. The van der Waals surface area contributed by atoms with Crippen LogP contribution in [0.15, 0.2) is 32.6 Å². The highest BCUT2D eigenvalue weighted by atomic mass is 127. The van der Waals surface area contributed by atoms with E-state index in [1.165, 1.54) is 12.1 Å². The Balaban J connectivity index is 0.00000264. The molecule has 2 rings (SSSR count). The second kappa shape index (κ2) is 9.71. The van der Waals surface area contributed by atoms with Gasteiger partial charge >= 0.3 is 0 Å². The summed E-state index contributed by atoms with van der Waals surface area (Å²) in [6, 6.07) is 4.75. The number of aromatic nitrogens is 2. The first kappa shape index (κ1) is 19.7. The molecule has 0 fully saturated rings. The number of rotatable bonds is 5. The number of aryl methyl sites for hydroxylation is 1. The van der Waals surface area contributed by atoms with Gasteiger partial charge in [-0.2, -0.15) is 4.98 Å². The SMILES string of the molecule is CN=C(NCc1nc(C)no1)NCc1cc(F)ccc1SC.I. The molecule has 0 radical (unpaired) electrons. The summed E-state index contributed by atoms with van der Waals surface area (Å²) in [6.07, 6.45) is 1.96. The van der Waals surface area contributed by atoms with Crippen LogP contribution >= 0.6 is 35.7 Å². The molecular formula is C14H19FIN5OS. The smallest absolute Gasteiger partial charge is 0.246 e. The summed E-state index contributed by atoms with van der Waals surface area (Å²) in [5.41, 5.74) is 0.879. The molecule has 23 heavy (non-hydrogen) atoms. The van der Waals surface area contributed by atoms with Crippen LogP contribution in [0, 0.1) is 12.7 Å². The Bertz CT molecular complexity index is 664. The third-order valence-electron chi connectivity index (χ3n) is 2.89. The van der Waals surface area contributed by atoms with E-state index >= 15 is 0 Å². The summed E-state index contributed by atoms with van der Waals surface area (Å²) in [4.78, 5) is 9.23. The largest absolute Gasteiger partial charge is 0.352 e. The minimum atomic E-state index is -0.251. The van der Waals surface area contributed by atoms with Gasteiger partial charge in [-0.3, -0.25) is 4.99 Å². The molecule has 9 heteroatoms. The number of nitrogens with zero attached hydrogens (tertiary/aromatic N) is 3. The van der Waals surface area contributed by atoms with Crippen molar-refractivity contribution in [3.05, 3.63) is 41.3 Å². The topological polar surface area (TPSA) is 75.3 Å². The summed E-state index contributed by atoms with van der Waals surface area (Å²) in [7, 11) is 1.66. The average Bonchev–Trinajstić information content (AvgIpc) is 2.93. The number of hydrogen-bond acceptors (Lipinski definition) is 5. The highest BCUT2D eigenvalue weighted by molar-refractivity contribution is 14.0. The van der Waals surface area contributed by atoms with Crippen molar-refractivity contribution in [1.82, 2.24) is 20.8 Å². The molecule has 0 aliphatic carbocycles. The van der Waals surface area contributed by atoms with Crippen LogP contribution in [0.25, 0.3) is 0 Å². The van der Waals surface area contributed by atoms with Crippen LogP contribution in [-0.4, -0.2) is 29.4 Å². The maximum atomic E-state index is 13.4. The lowest BCUT2D eigenvalue weighted by molar-refractivity contribution is 0.371. The minimum absolute atomic E-state index is 0. The fourth-order valence-electron chi connectivity index (χ4n) is 1.86. The maximum absolute atomic E-state index is 13.4. The van der Waals surface area contributed by atoms with Crippen LogP contribution in [0.3, 0.4) is 0 Å². The second-order valence-corrected chi connectivity index (χ2v) is 5.32. The van der Waals surface area contributed by atoms with E-state index in [0.29, 0.717) is 30.8 Å². The van der Waals surface area contributed by atoms with Gasteiger partial charge in [-0.25, -0.2) is 4.39 Å². The highest BCUT2D eigenvalue weighted by Crippen LogP contribution is 2.21. The predicted octanol–water partition coefficient (Wildman–Crippen LogP) is 2.72. The number of aliphatic imine (C=N–C) groups is 1. The van der Waals surface area contributed by atoms with E-state index < -0.39 is 0 Å². The van der Waals surface area contributed by atoms with Gasteiger partial charge < -0.3 is 15.2 Å². The van der Waals surface area contributed by atoms with Crippen LogP contribution in [-0.2, 0) is 13.1 Å². The van der Waals surface area contributed by atoms with Crippen molar-refractivity contribution in [2.24, 2.45) is 4.99 Å². The molecule has 126 valence electrons. The zero-order chi connectivity index (χ0) is 15.9. The van der Waals surface area contributed by atoms with Gasteiger partial charge in [-0.05, 0) is 36.9 Å². The average molecular weight is 451 g/mol. The van der Waals surface area contributed by atoms with E-state index in [0.717, 1.165) is 10.5 Å². The van der Waals surface area contributed by atoms with E-state index in [4.69, 9.17) is 4.52 Å². The van der Waals surface area contributed by atoms with Gasteiger partial charge in [0.05, 0.1) is 6.54 Å². The number of benzene rings is 1. The Hall–Kier alpha value is -1.36. The van der Waals surface area contributed by atoms with E-state index in [1.807, 2.05) is 6.26 Å². The van der Waals surface area contributed by atoms with Crippen molar-refractivity contribution in [3.63, 3.8) is 0 Å². The minimum Gasteiger partial charge on any atom is -0.352 e. The maximum Gasteiger partial charge on any atom is 0.246 e. The van der Waals surface area contributed by atoms with Gasteiger partial charge in [-0.1, -0.05) is 5.16 Å². The molecule has 0 saturated carbocycles. The first-order valence-electron chi connectivity index (χ1n) is 6.68. The molecule has 0 aliphatic heterocycles. The molecule has 2 N–H and O–H groups in total. The van der Waals surface area contributed by atoms with E-state index in [2.05, 4.69) is 25.8 Å². The molecular weight excluding hydrogens is 432 g/mol. The van der Waals surface area contributed by atoms with Gasteiger partial charge in [-0.15, -0.1) is 35.7 Å². The fourth-order valence-corrected chi connectivity index (χ4v) is 2.45. The fraction of sp³-hybridized carbons (Fsp3) is 0.357. The third kappa shape index (κ3) is 5.98. The summed E-state index contributed by atoms with van der Waals surface area (Å²) >= 11 is 1.58. The monoisotopic (exact) mass is 451 g/mol. The predicted molar refractivity (Wildman–Crippen MR) is 99.7 cm³/mol. The Labute approximate surface area is 155 Å². The van der Waals surface area contributed by atoms with Crippen LogP contribution in [0.2, 0.25) is 0 Å². The van der Waals surface area contributed by atoms with Crippen LogP contribution in [0.5, 0.6) is 0 Å². The molecule has 0 unspecified atom stereocenters. The summed E-state index contributed by atoms with van der Waals surface area (Å²) < 4.78 is 18.4. The van der Waals surface area contributed by atoms with Gasteiger partial charge in [0.15, 0.2) is 11.8 Å². The Kier molecular flexibility index (Phi) is 8.31. The van der Waals surface area contributed by atoms with E-state index in [-0.39, 0.29) is 29.8 Å². The quantitative estimate of drug-likeness (QED) is 0.315. The van der Waals surface area contributed by atoms with Crippen molar-refractivity contribution in [1.29, 1.82) is 0 Å². The molecule has 1 aromatic heterocycles. The lowest BCUT2D eigenvalue weighted by Crippen LogP contribution is -2.36. The van der Waals surface area contributed by atoms with Crippen molar-refractivity contribution in [3.8, 4) is 0 Å². The molecule has 1 heterocycles. The standard InChI is InChI=1S/C14H18FN5OS.HI/c1-9-19-13(21-20-9)8-18-14(16-2)17-7-10-6-11(15)4-5-12(10)22-3;/h4-6H,7-8H2,1-3H3,(H2,16,17,18);1H. The van der Waals surface area contributed by atoms with Crippen molar-refractivity contribution in [2.75, 3.05) is 13.3 Å². The van der Waals surface area contributed by atoms with Gasteiger partial charge in [0.2, 0.25) is 5.89 Å². The van der Waals surface area contributed by atoms with E-state index in [1.54, 1.807) is 31.8 Å². The van der Waals surface area contributed by atoms with Crippen molar-refractivity contribution < 1.29 is 8.91 Å². The van der Waals surface area contributed by atoms with Crippen LogP contribution in [0.1, 0.15) is 17.3 Å². The summed E-state index contributed by atoms with van der Waals surface area (Å²) in [5, 5.41) is 9.91. The first-order chi connectivity index (χ1) is 10.6. The molecule has 0 spiro atoms. The zero-order valence-corrected chi connectivity index (χ0v) is 16.2. The Morgan fingerprint density at radius 3 is 2.70 bits per heavy atom. The number of nitrogens with one attached hydrogen (secondary N) is 2. The molecule has 2 aromatic rings. The van der Waals surface area contributed by atoms with Crippen LogP contribution in [0.4, 0.5) is 4.39 Å². The lowest BCUT2D eigenvalue weighted by atomic mass is 10.2. The molecule has 0 saturated heterocycles. The van der Waals surface area contributed by atoms with Gasteiger partial charge in [0.1, 0.15) is 5.82 Å². The van der Waals surface area contributed by atoms with Crippen molar-refractivity contribution >= 4 is 41.7 Å². The number of thioether (sulfide) groups is 1. The lowest BCUT2D eigenvalue weighted by Gasteiger charge is -2.12. The zero-order valence-electron chi connectivity index (χ0n) is 13.1. The molecule has 0 aliphatic rings. The Morgan fingerprint density at radius 1 is 1.35 bits per heavy atom. The van der Waals surface area contributed by atoms with E-state index in [9.17, 15) is 4.39 Å². The number of guanidine groups is 1. The highest BCUT2D eigenvalue weighted by Gasteiger charge is 2.07. The summed E-state index contributed by atoms with van der Waals surface area (Å²) in [6.45, 7) is 2.60. The molecule has 1 aromatic carbocycles. The molecule has 0 bridgehead atoms. The third-order valence-corrected chi connectivity index (χ3v) is 3.73. The number of halogens is 2. The summed E-state index contributed by atoms with van der Waals surface area (Å²) in [5.74, 6) is 1.39. The Morgan fingerprint density at radius 2 is 2.09 bits per heavy atom. The van der Waals surface area contributed by atoms with Gasteiger partial charge in [0.25, 0.3) is 0 Å². The van der Waals surface area contributed by atoms with Gasteiger partial charge in [0, 0.05) is 18.5 Å². The van der Waals surface area contributed by atoms with Crippen LogP contribution < -0.4 is 10.6 Å². The second-order valence-electron chi connectivity index (χ2n) is 4.47. The number of hydrogen-bond donors (Lipinski definition) is 2. The molecule has 0 amide bonds. The first-order valence-corrected chi connectivity index (χ1v) is 7.91. The van der Waals surface area contributed by atoms with Crippen molar-refractivity contribution in [2.45, 2.75) is 24.9 Å². The molecule has 0 atom stereocenters. The molecule has 6 nitrogen and oxygen atoms in total.